The molecule has 68 valence electrons. The van der Waals surface area contributed by atoms with Crippen molar-refractivity contribution < 1.29 is 9.90 Å². The number of hydrogen-bond donors (Lipinski definition) is 2. The summed E-state index contributed by atoms with van der Waals surface area (Å²) < 4.78 is 0. The normalized spacial score (nSPS) is 12.0. The molecule has 0 rings (SSSR count). The van der Waals surface area contributed by atoms with Crippen LogP contribution in [0.3, 0.4) is 0 Å². The minimum absolute atomic E-state index is 0.140. The summed E-state index contributed by atoms with van der Waals surface area (Å²) in [6.45, 7) is 2.51. The van der Waals surface area contributed by atoms with Crippen molar-refractivity contribution in [2.75, 3.05) is 6.54 Å². The number of nitrogens with zero attached hydrogens (tertiary/aromatic N) is 1. The van der Waals surface area contributed by atoms with Gasteiger partial charge >= 0.3 is 5.97 Å². The Morgan fingerprint density at radius 3 is 2.83 bits per heavy atom. The van der Waals surface area contributed by atoms with E-state index in [1.54, 1.807) is 0 Å². The van der Waals surface area contributed by atoms with Gasteiger partial charge in [0, 0.05) is 6.42 Å². The molecule has 0 aliphatic rings. The van der Waals surface area contributed by atoms with E-state index in [4.69, 9.17) is 10.4 Å². The average Bonchev–Trinajstić information content (AvgIpc) is 2.04. The molecular formula is C8H14N2O2. The highest BCUT2D eigenvalue weighted by Crippen LogP contribution is 1.90. The maximum Gasteiger partial charge on any atom is 0.303 e. The molecule has 2 N–H and O–H groups in total. The fourth-order valence-electron chi connectivity index (χ4n) is 0.797. The highest BCUT2D eigenvalue weighted by Gasteiger charge is 2.02. The molecule has 1 atom stereocenters. The van der Waals surface area contributed by atoms with E-state index in [0.717, 1.165) is 6.42 Å². The lowest BCUT2D eigenvalue weighted by Crippen LogP contribution is -2.27. The zero-order valence-corrected chi connectivity index (χ0v) is 7.21. The Hall–Kier alpha value is -1.08. The van der Waals surface area contributed by atoms with Crippen LogP contribution < -0.4 is 5.32 Å². The third-order valence-corrected chi connectivity index (χ3v) is 1.52. The summed E-state index contributed by atoms with van der Waals surface area (Å²) in [6, 6.07) is 1.94. The highest BCUT2D eigenvalue weighted by atomic mass is 16.4. The smallest absolute Gasteiger partial charge is 0.303 e. The summed E-state index contributed by atoms with van der Waals surface area (Å²) in [5, 5.41) is 19.8. The maximum absolute atomic E-state index is 10.1. The minimum Gasteiger partial charge on any atom is -0.481 e. The van der Waals surface area contributed by atoms with E-state index in [2.05, 4.69) is 11.4 Å². The number of hydrogen-bond acceptors (Lipinski definition) is 3. The van der Waals surface area contributed by atoms with Crippen LogP contribution in [0.2, 0.25) is 0 Å². The quantitative estimate of drug-likeness (QED) is 0.577. The molecule has 0 bridgehead atoms. The Bertz CT molecular complexity index is 174. The first-order valence-corrected chi connectivity index (χ1v) is 4.05. The van der Waals surface area contributed by atoms with Gasteiger partial charge in [0.05, 0.1) is 12.1 Å². The first-order chi connectivity index (χ1) is 5.70. The van der Waals surface area contributed by atoms with E-state index in [9.17, 15) is 4.79 Å². The van der Waals surface area contributed by atoms with Gasteiger partial charge in [-0.1, -0.05) is 6.92 Å². The van der Waals surface area contributed by atoms with Crippen molar-refractivity contribution in [2.24, 2.45) is 0 Å². The molecule has 0 saturated carbocycles. The molecular weight excluding hydrogens is 156 g/mol. The number of carboxylic acid groups (broad SMARTS) is 1. The first kappa shape index (κ1) is 10.9. The van der Waals surface area contributed by atoms with E-state index in [-0.39, 0.29) is 12.5 Å². The van der Waals surface area contributed by atoms with Gasteiger partial charge in [-0.05, 0) is 19.4 Å². The Morgan fingerprint density at radius 2 is 2.42 bits per heavy atom. The fourth-order valence-corrected chi connectivity index (χ4v) is 0.797. The molecule has 0 heterocycles. The summed E-state index contributed by atoms with van der Waals surface area (Å²) in [7, 11) is 0. The number of carbonyl (C=O) groups is 1. The van der Waals surface area contributed by atoms with Gasteiger partial charge in [0.15, 0.2) is 0 Å². The zero-order valence-electron chi connectivity index (χ0n) is 7.21. The molecule has 0 aliphatic carbocycles. The van der Waals surface area contributed by atoms with Gasteiger partial charge in [-0.25, -0.2) is 0 Å². The van der Waals surface area contributed by atoms with Gasteiger partial charge in [-0.15, -0.1) is 0 Å². The van der Waals surface area contributed by atoms with Crippen molar-refractivity contribution in [2.45, 2.75) is 32.2 Å². The Balaban J connectivity index is 3.31. The van der Waals surface area contributed by atoms with Gasteiger partial charge < -0.3 is 10.4 Å². The van der Waals surface area contributed by atoms with Crippen LogP contribution in [0, 0.1) is 11.3 Å². The topological polar surface area (TPSA) is 73.1 Å². The number of nitriles is 1. The first-order valence-electron chi connectivity index (χ1n) is 4.05. The average molecular weight is 170 g/mol. The van der Waals surface area contributed by atoms with E-state index in [0.29, 0.717) is 13.0 Å². The maximum atomic E-state index is 10.1. The summed E-state index contributed by atoms with van der Waals surface area (Å²) in [5.41, 5.74) is 0. The summed E-state index contributed by atoms with van der Waals surface area (Å²) >= 11 is 0. The zero-order chi connectivity index (χ0) is 9.40. The molecule has 12 heavy (non-hydrogen) atoms. The van der Waals surface area contributed by atoms with E-state index in [1.165, 1.54) is 0 Å². The number of aliphatic carboxylic acids is 1. The molecule has 1 unspecified atom stereocenters. The van der Waals surface area contributed by atoms with Crippen LogP contribution in [0.15, 0.2) is 0 Å². The predicted molar refractivity (Wildman–Crippen MR) is 44.6 cm³/mol. The molecule has 0 aromatic rings. The van der Waals surface area contributed by atoms with Crippen LogP contribution in [-0.4, -0.2) is 23.7 Å². The van der Waals surface area contributed by atoms with Gasteiger partial charge in [0.25, 0.3) is 0 Å². The lowest BCUT2D eigenvalue weighted by Gasteiger charge is -2.06. The van der Waals surface area contributed by atoms with Crippen molar-refractivity contribution in [1.82, 2.24) is 5.32 Å². The Labute approximate surface area is 72.2 Å². The van der Waals surface area contributed by atoms with Crippen LogP contribution in [0.4, 0.5) is 0 Å². The summed E-state index contributed by atoms with van der Waals surface area (Å²) in [5.74, 6) is -0.790. The van der Waals surface area contributed by atoms with Crippen LogP contribution >= 0.6 is 0 Å². The molecule has 0 aliphatic heterocycles. The molecule has 0 radical (unpaired) electrons. The van der Waals surface area contributed by atoms with Crippen LogP contribution in [-0.2, 0) is 4.79 Å². The fraction of sp³-hybridized carbons (Fsp3) is 0.750. The Kier molecular flexibility index (Phi) is 6.02. The highest BCUT2D eigenvalue weighted by molar-refractivity contribution is 5.66. The minimum atomic E-state index is -0.790. The van der Waals surface area contributed by atoms with Crippen LogP contribution in [0.5, 0.6) is 0 Å². The summed E-state index contributed by atoms with van der Waals surface area (Å²) in [4.78, 5) is 10.1. The molecule has 0 aromatic heterocycles. The largest absolute Gasteiger partial charge is 0.481 e. The molecule has 0 amide bonds. The van der Waals surface area contributed by atoms with Crippen molar-refractivity contribution in [3.63, 3.8) is 0 Å². The molecule has 0 fully saturated rings. The van der Waals surface area contributed by atoms with E-state index >= 15 is 0 Å². The van der Waals surface area contributed by atoms with Crippen molar-refractivity contribution >= 4 is 5.97 Å². The van der Waals surface area contributed by atoms with Crippen molar-refractivity contribution in [3.05, 3.63) is 0 Å². The Morgan fingerprint density at radius 1 is 1.75 bits per heavy atom. The third-order valence-electron chi connectivity index (χ3n) is 1.52. The second kappa shape index (κ2) is 6.62. The lowest BCUT2D eigenvalue weighted by molar-refractivity contribution is -0.137. The standard InChI is InChI=1S/C8H14N2O2/c1-2-7(6-9)10-5-3-4-8(11)12/h7,10H,2-5H2,1H3,(H,11,12). The SMILES string of the molecule is CCC(C#N)NCCCC(=O)O. The van der Waals surface area contributed by atoms with Crippen LogP contribution in [0.25, 0.3) is 0 Å². The predicted octanol–water partition coefficient (Wildman–Crippen LogP) is 0.743. The van der Waals surface area contributed by atoms with E-state index < -0.39 is 5.97 Å². The molecule has 0 spiro atoms. The van der Waals surface area contributed by atoms with Gasteiger partial charge in [-0.2, -0.15) is 5.26 Å². The number of carboxylic acids is 1. The van der Waals surface area contributed by atoms with Crippen molar-refractivity contribution in [3.8, 4) is 6.07 Å². The second-order valence-corrected chi connectivity index (χ2v) is 2.54. The molecule has 0 saturated heterocycles. The molecule has 0 aromatic carbocycles. The van der Waals surface area contributed by atoms with Gasteiger partial charge in [0.1, 0.15) is 0 Å². The third kappa shape index (κ3) is 5.69. The van der Waals surface area contributed by atoms with Gasteiger partial charge in [0.2, 0.25) is 0 Å². The second-order valence-electron chi connectivity index (χ2n) is 2.54. The monoisotopic (exact) mass is 170 g/mol. The summed E-state index contributed by atoms with van der Waals surface area (Å²) in [6.07, 6.45) is 1.49. The lowest BCUT2D eigenvalue weighted by atomic mass is 10.2. The van der Waals surface area contributed by atoms with Gasteiger partial charge in [-0.3, -0.25) is 4.79 Å². The number of nitrogens with one attached hydrogen (secondary N) is 1. The van der Waals surface area contributed by atoms with Crippen LogP contribution in [0.1, 0.15) is 26.2 Å². The van der Waals surface area contributed by atoms with Crippen molar-refractivity contribution in [1.29, 1.82) is 5.26 Å². The van der Waals surface area contributed by atoms with E-state index in [1.807, 2.05) is 6.92 Å². The molecule has 4 heteroatoms. The molecule has 4 nitrogen and oxygen atoms in total. The number of rotatable bonds is 6.